The Morgan fingerprint density at radius 1 is 0.964 bits per heavy atom. The lowest BCUT2D eigenvalue weighted by Crippen LogP contribution is -2.38. The van der Waals surface area contributed by atoms with Gasteiger partial charge in [0.1, 0.15) is 6.54 Å². The topological polar surface area (TPSA) is 66.6 Å². The van der Waals surface area contributed by atoms with Gasteiger partial charge in [-0.1, -0.05) is 48.5 Å². The lowest BCUT2D eigenvalue weighted by molar-refractivity contribution is 0.788. The van der Waals surface area contributed by atoms with Crippen LogP contribution >= 0.6 is 0 Å². The number of fused-ring (bicyclic) bond motifs is 2. The first-order valence-corrected chi connectivity index (χ1v) is 9.62. The normalized spacial score (nSPS) is 11.8. The van der Waals surface area contributed by atoms with E-state index in [1.165, 1.54) is 16.3 Å². The summed E-state index contributed by atoms with van der Waals surface area (Å²) in [5.41, 5.74) is 2.15. The van der Waals surface area contributed by atoms with Gasteiger partial charge < -0.3 is 10.6 Å². The maximum absolute atomic E-state index is 4.66. The zero-order valence-electron chi connectivity index (χ0n) is 16.0. The Bertz CT molecular complexity index is 1100. The van der Waals surface area contributed by atoms with Crippen molar-refractivity contribution in [2.24, 2.45) is 4.99 Å². The van der Waals surface area contributed by atoms with Gasteiger partial charge in [0, 0.05) is 19.3 Å². The second-order valence-electron chi connectivity index (χ2n) is 6.60. The number of nitrogens with one attached hydrogen (secondary N) is 2. The molecule has 0 amide bonds. The zero-order chi connectivity index (χ0) is 19.2. The van der Waals surface area contributed by atoms with Gasteiger partial charge in [0.2, 0.25) is 0 Å². The van der Waals surface area contributed by atoms with E-state index in [2.05, 4.69) is 75.2 Å². The van der Waals surface area contributed by atoms with Gasteiger partial charge in [-0.3, -0.25) is 4.40 Å². The van der Waals surface area contributed by atoms with Gasteiger partial charge in [-0.05, 0) is 41.8 Å². The van der Waals surface area contributed by atoms with E-state index >= 15 is 0 Å². The van der Waals surface area contributed by atoms with Gasteiger partial charge in [0.15, 0.2) is 17.4 Å². The molecule has 28 heavy (non-hydrogen) atoms. The average molecular weight is 372 g/mol. The van der Waals surface area contributed by atoms with Crippen molar-refractivity contribution in [3.63, 3.8) is 0 Å². The van der Waals surface area contributed by atoms with Crippen molar-refractivity contribution in [1.82, 2.24) is 25.2 Å². The molecule has 4 rings (SSSR count). The highest BCUT2D eigenvalue weighted by atomic mass is 15.3. The Hall–Kier alpha value is -3.41. The second kappa shape index (κ2) is 8.52. The summed E-state index contributed by atoms with van der Waals surface area (Å²) < 4.78 is 1.96. The number of hydrogen-bond acceptors (Lipinski definition) is 3. The Morgan fingerprint density at radius 2 is 1.82 bits per heavy atom. The van der Waals surface area contributed by atoms with Gasteiger partial charge in [-0.25, -0.2) is 4.99 Å². The van der Waals surface area contributed by atoms with Gasteiger partial charge in [0.25, 0.3) is 0 Å². The number of benzene rings is 2. The molecule has 6 nitrogen and oxygen atoms in total. The molecule has 0 spiro atoms. The molecular formula is C22H24N6. The molecule has 0 aliphatic heterocycles. The largest absolute Gasteiger partial charge is 0.357 e. The summed E-state index contributed by atoms with van der Waals surface area (Å²) in [5, 5.41) is 17.7. The number of nitrogens with zero attached hydrogens (tertiary/aromatic N) is 4. The highest BCUT2D eigenvalue weighted by Gasteiger charge is 2.05. The third-order valence-electron chi connectivity index (χ3n) is 4.63. The molecular weight excluding hydrogens is 348 g/mol. The standard InChI is InChI=1S/C22H24N6/c1-2-23-22(25-16-21-27-26-20-9-5-6-14-28(20)21)24-13-12-17-10-11-18-7-3-4-8-19(18)15-17/h3-11,14-15H,2,12-13,16H2,1H3,(H2,23,24,25). The van der Waals surface area contributed by atoms with Crippen molar-refractivity contribution < 1.29 is 0 Å². The summed E-state index contributed by atoms with van der Waals surface area (Å²) in [6, 6.07) is 20.9. The molecule has 2 aromatic heterocycles. The molecule has 4 aromatic rings. The Kier molecular flexibility index (Phi) is 5.47. The molecule has 0 fully saturated rings. The van der Waals surface area contributed by atoms with E-state index in [0.29, 0.717) is 6.54 Å². The van der Waals surface area contributed by atoms with E-state index in [1.807, 2.05) is 28.8 Å². The van der Waals surface area contributed by atoms with Crippen LogP contribution in [0.3, 0.4) is 0 Å². The molecule has 0 unspecified atom stereocenters. The minimum atomic E-state index is 0.469. The summed E-state index contributed by atoms with van der Waals surface area (Å²) in [6.07, 6.45) is 2.89. The van der Waals surface area contributed by atoms with Crippen LogP contribution in [0.5, 0.6) is 0 Å². The first kappa shape index (κ1) is 18.0. The number of aromatic nitrogens is 3. The van der Waals surface area contributed by atoms with Crippen molar-refractivity contribution in [2.75, 3.05) is 13.1 Å². The van der Waals surface area contributed by atoms with E-state index in [4.69, 9.17) is 0 Å². The van der Waals surface area contributed by atoms with Crippen molar-refractivity contribution in [1.29, 1.82) is 0 Å². The van der Waals surface area contributed by atoms with Crippen LogP contribution in [-0.4, -0.2) is 33.6 Å². The average Bonchev–Trinajstić information content (AvgIpc) is 3.15. The predicted octanol–water partition coefficient (Wildman–Crippen LogP) is 3.18. The van der Waals surface area contributed by atoms with Crippen LogP contribution in [0, 0.1) is 0 Å². The second-order valence-corrected chi connectivity index (χ2v) is 6.60. The Labute approximate surface area is 164 Å². The maximum Gasteiger partial charge on any atom is 0.191 e. The van der Waals surface area contributed by atoms with Gasteiger partial charge in [-0.2, -0.15) is 0 Å². The third-order valence-corrected chi connectivity index (χ3v) is 4.63. The van der Waals surface area contributed by atoms with Crippen LogP contribution in [0.1, 0.15) is 18.3 Å². The van der Waals surface area contributed by atoms with E-state index in [0.717, 1.165) is 36.9 Å². The summed E-state index contributed by atoms with van der Waals surface area (Å²) in [6.45, 7) is 4.15. The molecule has 0 saturated carbocycles. The number of aliphatic imine (C=N–C) groups is 1. The van der Waals surface area contributed by atoms with Crippen LogP contribution < -0.4 is 10.6 Å². The molecule has 2 aromatic carbocycles. The molecule has 0 aliphatic rings. The number of hydrogen-bond donors (Lipinski definition) is 2. The van der Waals surface area contributed by atoms with Crippen LogP contribution in [0.2, 0.25) is 0 Å². The highest BCUT2D eigenvalue weighted by molar-refractivity contribution is 5.83. The van der Waals surface area contributed by atoms with E-state index < -0.39 is 0 Å². The number of pyridine rings is 1. The molecule has 0 atom stereocenters. The van der Waals surface area contributed by atoms with Crippen molar-refractivity contribution >= 4 is 22.4 Å². The van der Waals surface area contributed by atoms with Crippen LogP contribution in [0.25, 0.3) is 16.4 Å². The molecule has 142 valence electrons. The number of rotatable bonds is 6. The lowest BCUT2D eigenvalue weighted by atomic mass is 10.1. The molecule has 6 heteroatoms. The molecule has 2 heterocycles. The van der Waals surface area contributed by atoms with Crippen molar-refractivity contribution in [2.45, 2.75) is 19.9 Å². The van der Waals surface area contributed by atoms with Crippen LogP contribution in [0.4, 0.5) is 0 Å². The molecule has 0 radical (unpaired) electrons. The van der Waals surface area contributed by atoms with E-state index in [9.17, 15) is 0 Å². The summed E-state index contributed by atoms with van der Waals surface area (Å²) in [5.74, 6) is 1.61. The van der Waals surface area contributed by atoms with E-state index in [1.54, 1.807) is 0 Å². The third kappa shape index (κ3) is 4.11. The van der Waals surface area contributed by atoms with Crippen LogP contribution in [-0.2, 0) is 13.0 Å². The minimum Gasteiger partial charge on any atom is -0.357 e. The van der Waals surface area contributed by atoms with Crippen LogP contribution in [0.15, 0.2) is 71.9 Å². The van der Waals surface area contributed by atoms with Gasteiger partial charge in [0.05, 0.1) is 0 Å². The van der Waals surface area contributed by atoms with Gasteiger partial charge in [-0.15, -0.1) is 10.2 Å². The lowest BCUT2D eigenvalue weighted by Gasteiger charge is -2.11. The number of guanidine groups is 1. The first-order valence-electron chi connectivity index (χ1n) is 9.62. The summed E-state index contributed by atoms with van der Waals surface area (Å²) in [4.78, 5) is 4.66. The monoisotopic (exact) mass is 372 g/mol. The Morgan fingerprint density at radius 3 is 2.71 bits per heavy atom. The smallest absolute Gasteiger partial charge is 0.191 e. The quantitative estimate of drug-likeness (QED) is 0.403. The minimum absolute atomic E-state index is 0.469. The Balaban J connectivity index is 1.39. The fourth-order valence-corrected chi connectivity index (χ4v) is 3.21. The first-order chi connectivity index (χ1) is 13.8. The molecule has 0 saturated heterocycles. The van der Waals surface area contributed by atoms with Crippen molar-refractivity contribution in [3.05, 3.63) is 78.2 Å². The molecule has 0 aliphatic carbocycles. The molecule has 0 bridgehead atoms. The zero-order valence-corrected chi connectivity index (χ0v) is 16.0. The summed E-state index contributed by atoms with van der Waals surface area (Å²) in [7, 11) is 0. The fraction of sp³-hybridized carbons (Fsp3) is 0.227. The highest BCUT2D eigenvalue weighted by Crippen LogP contribution is 2.15. The maximum atomic E-state index is 4.66. The van der Waals surface area contributed by atoms with Crippen molar-refractivity contribution in [3.8, 4) is 0 Å². The summed E-state index contributed by atoms with van der Waals surface area (Å²) >= 11 is 0. The predicted molar refractivity (Wildman–Crippen MR) is 113 cm³/mol. The fourth-order valence-electron chi connectivity index (χ4n) is 3.21. The SMILES string of the molecule is CCNC(=NCc1nnc2ccccn12)NCCc1ccc2ccccc2c1. The van der Waals surface area contributed by atoms with E-state index in [-0.39, 0.29) is 0 Å². The molecule has 2 N–H and O–H groups in total. The van der Waals surface area contributed by atoms with Gasteiger partial charge >= 0.3 is 0 Å².